The number of nitrogens with zero attached hydrogens (tertiary/aromatic N) is 1. The highest BCUT2D eigenvalue weighted by atomic mass is 35.5. The summed E-state index contributed by atoms with van der Waals surface area (Å²) in [5, 5.41) is 0.322. The Bertz CT molecular complexity index is 197. The van der Waals surface area contributed by atoms with Crippen LogP contribution in [0.2, 0.25) is 0 Å². The van der Waals surface area contributed by atoms with Crippen LogP contribution in [-0.4, -0.2) is 29.0 Å². The van der Waals surface area contributed by atoms with Crippen molar-refractivity contribution < 1.29 is 9.53 Å². The Morgan fingerprint density at radius 2 is 2.73 bits per heavy atom. The molecule has 1 heterocycles. The number of carbonyl (C=O) groups is 1. The van der Waals surface area contributed by atoms with Crippen LogP contribution in [0.5, 0.6) is 0 Å². The predicted octanol–water partition coefficient (Wildman–Crippen LogP) is 0.792. The van der Waals surface area contributed by atoms with Crippen LogP contribution in [0.25, 0.3) is 0 Å². The summed E-state index contributed by atoms with van der Waals surface area (Å²) in [4.78, 5) is 13.7. The van der Waals surface area contributed by atoms with E-state index in [1.807, 2.05) is 0 Å². The van der Waals surface area contributed by atoms with Gasteiger partial charge in [-0.3, -0.25) is 0 Å². The third kappa shape index (κ3) is 2.59. The van der Waals surface area contributed by atoms with E-state index in [2.05, 4.69) is 4.99 Å². The summed E-state index contributed by atoms with van der Waals surface area (Å²) < 4.78 is 5.10. The summed E-state index contributed by atoms with van der Waals surface area (Å²) in [6.45, 7) is 0. The molecule has 0 saturated carbocycles. The van der Waals surface area contributed by atoms with E-state index in [9.17, 15) is 4.79 Å². The zero-order chi connectivity index (χ0) is 8.27. The Kier molecular flexibility index (Phi) is 3.02. The molecule has 2 N–H and O–H groups in total. The third-order valence-electron chi connectivity index (χ3n) is 1.03. The molecule has 1 aliphatic heterocycles. The van der Waals surface area contributed by atoms with Gasteiger partial charge in [-0.2, -0.15) is 4.99 Å². The molecule has 1 aliphatic rings. The third-order valence-corrected chi connectivity index (χ3v) is 2.35. The number of hydrogen-bond acceptors (Lipinski definition) is 3. The molecule has 2 amide bonds. The van der Waals surface area contributed by atoms with E-state index < -0.39 is 6.03 Å². The normalized spacial score (nSPS) is 27.0. The maximum Gasteiger partial charge on any atom is 0.342 e. The molecule has 0 aliphatic carbocycles. The molecular weight excluding hydrogens is 188 g/mol. The average Bonchev–Trinajstić information content (AvgIpc) is 2.34. The van der Waals surface area contributed by atoms with Crippen molar-refractivity contribution in [1.29, 1.82) is 0 Å². The van der Waals surface area contributed by atoms with Gasteiger partial charge in [-0.05, 0) is 0 Å². The maximum atomic E-state index is 10.3. The largest absolute Gasteiger partial charge is 0.467 e. The van der Waals surface area contributed by atoms with Gasteiger partial charge in [0, 0.05) is 5.75 Å². The Morgan fingerprint density at radius 3 is 3.18 bits per heavy atom. The van der Waals surface area contributed by atoms with Gasteiger partial charge in [0.15, 0.2) is 0 Å². The molecular formula is C5H7ClN2O2S. The Balaban J connectivity index is 2.47. The molecule has 4 nitrogen and oxygen atoms in total. The molecule has 1 atom stereocenters. The number of amides is 2. The Hall–Kier alpha value is -0.420. The number of nitrogens with two attached hydrogens (primary N) is 1. The first-order chi connectivity index (χ1) is 5.22. The van der Waals surface area contributed by atoms with Crippen LogP contribution in [0.15, 0.2) is 4.99 Å². The standard InChI is InChI=1S/C5H7ClN2O2S/c6-1-3-2-11-5(10-3)8-4(7)9/h3H,1-2H2,(H2,7,9). The summed E-state index contributed by atoms with van der Waals surface area (Å²) in [5.41, 5.74) is 4.81. The van der Waals surface area contributed by atoms with E-state index in [0.29, 0.717) is 11.1 Å². The fourth-order valence-corrected chi connectivity index (χ4v) is 1.77. The van der Waals surface area contributed by atoms with Crippen LogP contribution >= 0.6 is 23.4 Å². The van der Waals surface area contributed by atoms with Crippen molar-refractivity contribution in [3.05, 3.63) is 0 Å². The number of primary amides is 1. The van der Waals surface area contributed by atoms with E-state index in [0.717, 1.165) is 5.75 Å². The van der Waals surface area contributed by atoms with Crippen LogP contribution in [-0.2, 0) is 4.74 Å². The van der Waals surface area contributed by atoms with Crippen molar-refractivity contribution in [2.45, 2.75) is 6.10 Å². The second kappa shape index (κ2) is 3.82. The topological polar surface area (TPSA) is 64.7 Å². The van der Waals surface area contributed by atoms with Gasteiger partial charge < -0.3 is 10.5 Å². The molecule has 0 spiro atoms. The van der Waals surface area contributed by atoms with Gasteiger partial charge in [0.2, 0.25) is 0 Å². The lowest BCUT2D eigenvalue weighted by Gasteiger charge is -2.01. The van der Waals surface area contributed by atoms with Gasteiger partial charge in [0.05, 0.1) is 5.88 Å². The quantitative estimate of drug-likeness (QED) is 0.628. The summed E-state index contributed by atoms with van der Waals surface area (Å²) in [5.74, 6) is 1.14. The van der Waals surface area contributed by atoms with Gasteiger partial charge in [-0.25, -0.2) is 4.79 Å². The van der Waals surface area contributed by atoms with E-state index >= 15 is 0 Å². The zero-order valence-corrected chi connectivity index (χ0v) is 7.19. The lowest BCUT2D eigenvalue weighted by atomic mass is 10.5. The highest BCUT2D eigenvalue weighted by Crippen LogP contribution is 2.20. The molecule has 6 heteroatoms. The first-order valence-electron chi connectivity index (χ1n) is 2.96. The molecule has 0 bridgehead atoms. The zero-order valence-electron chi connectivity index (χ0n) is 5.62. The van der Waals surface area contributed by atoms with Crippen molar-refractivity contribution in [3.63, 3.8) is 0 Å². The molecule has 1 rings (SSSR count). The van der Waals surface area contributed by atoms with Crippen molar-refractivity contribution in [3.8, 4) is 0 Å². The fourth-order valence-electron chi connectivity index (χ4n) is 0.599. The molecule has 11 heavy (non-hydrogen) atoms. The van der Waals surface area contributed by atoms with Crippen molar-refractivity contribution >= 4 is 34.6 Å². The second-order valence-electron chi connectivity index (χ2n) is 1.92. The summed E-state index contributed by atoms with van der Waals surface area (Å²) in [6.07, 6.45) is -0.0419. The number of rotatable bonds is 1. The van der Waals surface area contributed by atoms with Crippen LogP contribution in [0.4, 0.5) is 4.79 Å². The van der Waals surface area contributed by atoms with E-state index in [1.165, 1.54) is 11.8 Å². The number of alkyl halides is 1. The van der Waals surface area contributed by atoms with Gasteiger partial charge in [-0.15, -0.1) is 11.6 Å². The second-order valence-corrected chi connectivity index (χ2v) is 3.20. The summed E-state index contributed by atoms with van der Waals surface area (Å²) >= 11 is 6.85. The first-order valence-corrected chi connectivity index (χ1v) is 4.48. The minimum atomic E-state index is -0.734. The number of ether oxygens (including phenoxy) is 1. The van der Waals surface area contributed by atoms with Crippen molar-refractivity contribution in [2.75, 3.05) is 11.6 Å². The first kappa shape index (κ1) is 8.67. The highest BCUT2D eigenvalue weighted by Gasteiger charge is 2.22. The monoisotopic (exact) mass is 194 g/mol. The van der Waals surface area contributed by atoms with E-state index in [1.54, 1.807) is 0 Å². The molecule has 0 radical (unpaired) electrons. The molecule has 1 saturated heterocycles. The van der Waals surface area contributed by atoms with Crippen LogP contribution in [0, 0.1) is 0 Å². The van der Waals surface area contributed by atoms with Gasteiger partial charge in [0.1, 0.15) is 6.10 Å². The highest BCUT2D eigenvalue weighted by molar-refractivity contribution is 8.13. The lowest BCUT2D eigenvalue weighted by Crippen LogP contribution is -2.13. The van der Waals surface area contributed by atoms with E-state index in [4.69, 9.17) is 22.1 Å². The number of hydrogen-bond donors (Lipinski definition) is 1. The fraction of sp³-hybridized carbons (Fsp3) is 0.600. The molecule has 62 valence electrons. The van der Waals surface area contributed by atoms with Crippen molar-refractivity contribution in [1.82, 2.24) is 0 Å². The van der Waals surface area contributed by atoms with Gasteiger partial charge in [-0.1, -0.05) is 11.8 Å². The smallest absolute Gasteiger partial charge is 0.342 e. The molecule has 0 aromatic heterocycles. The number of urea groups is 1. The summed E-state index contributed by atoms with van der Waals surface area (Å²) in [6, 6.07) is -0.734. The number of aliphatic imine (C=N–C) groups is 1. The van der Waals surface area contributed by atoms with Gasteiger partial charge >= 0.3 is 6.03 Å². The van der Waals surface area contributed by atoms with E-state index in [-0.39, 0.29) is 6.10 Å². The molecule has 0 aromatic rings. The van der Waals surface area contributed by atoms with Gasteiger partial charge in [0.25, 0.3) is 5.23 Å². The van der Waals surface area contributed by atoms with Crippen LogP contribution in [0.1, 0.15) is 0 Å². The Labute approximate surface area is 73.1 Å². The van der Waals surface area contributed by atoms with Crippen LogP contribution in [0.3, 0.4) is 0 Å². The summed E-state index contributed by atoms with van der Waals surface area (Å²) in [7, 11) is 0. The number of halogens is 1. The Morgan fingerprint density at radius 1 is 2.00 bits per heavy atom. The SMILES string of the molecule is NC(=O)N=C1OC(CCl)CS1. The molecule has 1 unspecified atom stereocenters. The predicted molar refractivity (Wildman–Crippen MR) is 45.1 cm³/mol. The molecule has 1 fully saturated rings. The average molecular weight is 195 g/mol. The minimum absolute atomic E-state index is 0.0419. The maximum absolute atomic E-state index is 10.3. The van der Waals surface area contributed by atoms with Crippen LogP contribution < -0.4 is 5.73 Å². The molecule has 0 aromatic carbocycles. The number of thioether (sulfide) groups is 1. The number of carbonyl (C=O) groups excluding carboxylic acids is 1. The lowest BCUT2D eigenvalue weighted by molar-refractivity contribution is 0.246. The minimum Gasteiger partial charge on any atom is -0.467 e. The van der Waals surface area contributed by atoms with Crippen molar-refractivity contribution in [2.24, 2.45) is 10.7 Å².